The molecule has 0 bridgehead atoms. The Labute approximate surface area is 152 Å². The molecule has 1 atom stereocenters. The van der Waals surface area contributed by atoms with E-state index < -0.39 is 0 Å². The van der Waals surface area contributed by atoms with E-state index in [1.165, 1.54) is 34.3 Å². The number of fused-ring (bicyclic) bond motifs is 1. The molecule has 132 valence electrons. The van der Waals surface area contributed by atoms with E-state index in [1.807, 2.05) is 30.9 Å². The molecule has 2 heterocycles. The van der Waals surface area contributed by atoms with E-state index in [9.17, 15) is 4.39 Å². The molecule has 0 N–H and O–H groups in total. The molecule has 1 unspecified atom stereocenters. The van der Waals surface area contributed by atoms with E-state index in [-0.39, 0.29) is 11.9 Å². The molecule has 0 aliphatic heterocycles. The summed E-state index contributed by atoms with van der Waals surface area (Å²) >= 11 is 0. The first-order valence-electron chi connectivity index (χ1n) is 8.98. The van der Waals surface area contributed by atoms with Crippen molar-refractivity contribution in [2.24, 2.45) is 0 Å². The van der Waals surface area contributed by atoms with E-state index in [0.29, 0.717) is 0 Å². The van der Waals surface area contributed by atoms with Gasteiger partial charge in [0.15, 0.2) is 0 Å². The molecule has 0 aliphatic rings. The Hall–Kier alpha value is -2.88. The zero-order valence-corrected chi connectivity index (χ0v) is 15.1. The van der Waals surface area contributed by atoms with Crippen molar-refractivity contribution < 1.29 is 4.39 Å². The Balaban J connectivity index is 1.89. The van der Waals surface area contributed by atoms with Crippen LogP contribution in [0.3, 0.4) is 0 Å². The van der Waals surface area contributed by atoms with Crippen molar-refractivity contribution in [1.82, 2.24) is 14.1 Å². The number of aromatic nitrogens is 3. The van der Waals surface area contributed by atoms with Crippen molar-refractivity contribution in [3.63, 3.8) is 0 Å². The third-order valence-corrected chi connectivity index (χ3v) is 5.16. The van der Waals surface area contributed by atoms with Gasteiger partial charge in [0.1, 0.15) is 5.82 Å². The van der Waals surface area contributed by atoms with Gasteiger partial charge in [0.2, 0.25) is 0 Å². The number of rotatable bonds is 5. The van der Waals surface area contributed by atoms with Gasteiger partial charge >= 0.3 is 0 Å². The summed E-state index contributed by atoms with van der Waals surface area (Å²) in [5.74, 6) is -0.202. The maximum Gasteiger partial charge on any atom is 0.123 e. The van der Waals surface area contributed by atoms with Crippen molar-refractivity contribution in [2.75, 3.05) is 0 Å². The third kappa shape index (κ3) is 2.81. The summed E-state index contributed by atoms with van der Waals surface area (Å²) in [6, 6.07) is 15.5. The fourth-order valence-corrected chi connectivity index (χ4v) is 3.94. The van der Waals surface area contributed by atoms with Crippen LogP contribution in [0.25, 0.3) is 10.9 Å². The van der Waals surface area contributed by atoms with Crippen LogP contribution in [0.15, 0.2) is 67.3 Å². The molecule has 4 aromatic rings. The van der Waals surface area contributed by atoms with Gasteiger partial charge in [0, 0.05) is 41.1 Å². The highest BCUT2D eigenvalue weighted by Gasteiger charge is 2.23. The fourth-order valence-electron chi connectivity index (χ4n) is 3.94. The first-order chi connectivity index (χ1) is 12.7. The molecule has 2 aromatic heterocycles. The second kappa shape index (κ2) is 6.79. The van der Waals surface area contributed by atoms with Crippen LogP contribution in [0.1, 0.15) is 29.8 Å². The average molecular weight is 347 g/mol. The average Bonchev–Trinajstić information content (AvgIpc) is 3.27. The number of halogens is 1. The molecule has 4 heteroatoms. The van der Waals surface area contributed by atoms with E-state index in [4.69, 9.17) is 0 Å². The highest BCUT2D eigenvalue weighted by Crippen LogP contribution is 2.34. The van der Waals surface area contributed by atoms with Crippen LogP contribution in [0.5, 0.6) is 0 Å². The number of hydrogen-bond donors (Lipinski definition) is 0. The van der Waals surface area contributed by atoms with Crippen LogP contribution in [0, 0.1) is 12.7 Å². The number of aryl methyl sites for hydroxylation is 1. The van der Waals surface area contributed by atoms with Gasteiger partial charge in [-0.25, -0.2) is 9.37 Å². The first kappa shape index (κ1) is 16.6. The lowest BCUT2D eigenvalue weighted by Crippen LogP contribution is -2.13. The van der Waals surface area contributed by atoms with Crippen LogP contribution in [0.2, 0.25) is 0 Å². The molecule has 0 saturated carbocycles. The van der Waals surface area contributed by atoms with Crippen LogP contribution >= 0.6 is 0 Å². The minimum atomic E-state index is -0.202. The Bertz CT molecular complexity index is 1010. The lowest BCUT2D eigenvalue weighted by atomic mass is 9.96. The highest BCUT2D eigenvalue weighted by molar-refractivity contribution is 5.86. The van der Waals surface area contributed by atoms with Crippen LogP contribution in [-0.2, 0) is 13.0 Å². The van der Waals surface area contributed by atoms with Crippen molar-refractivity contribution in [2.45, 2.75) is 32.9 Å². The predicted octanol–water partition coefficient (Wildman–Crippen LogP) is 5.14. The zero-order valence-electron chi connectivity index (χ0n) is 15.1. The van der Waals surface area contributed by atoms with Crippen molar-refractivity contribution in [3.8, 4) is 0 Å². The Morgan fingerprint density at radius 2 is 1.85 bits per heavy atom. The fraction of sp³-hybridized carbons (Fsp3) is 0.227. The summed E-state index contributed by atoms with van der Waals surface area (Å²) in [6.45, 7) is 5.29. The molecule has 0 saturated heterocycles. The number of imidazole rings is 1. The van der Waals surface area contributed by atoms with E-state index in [0.717, 1.165) is 18.5 Å². The topological polar surface area (TPSA) is 22.8 Å². The molecule has 0 aliphatic carbocycles. The molecule has 0 radical (unpaired) electrons. The maximum absolute atomic E-state index is 13.3. The van der Waals surface area contributed by atoms with E-state index in [1.54, 1.807) is 0 Å². The first-order valence-corrected chi connectivity index (χ1v) is 8.98. The molecular weight excluding hydrogens is 325 g/mol. The minimum Gasteiger partial charge on any atom is -0.345 e. The summed E-state index contributed by atoms with van der Waals surface area (Å²) in [5.41, 5.74) is 4.95. The largest absolute Gasteiger partial charge is 0.345 e. The molecule has 26 heavy (non-hydrogen) atoms. The molecule has 0 fully saturated rings. The molecule has 4 rings (SSSR count). The Morgan fingerprint density at radius 1 is 1.08 bits per heavy atom. The minimum absolute atomic E-state index is 0.112. The summed E-state index contributed by atoms with van der Waals surface area (Å²) in [7, 11) is 0. The van der Waals surface area contributed by atoms with Gasteiger partial charge < -0.3 is 9.13 Å². The van der Waals surface area contributed by atoms with Gasteiger partial charge in [-0.1, -0.05) is 30.3 Å². The smallest absolute Gasteiger partial charge is 0.123 e. The SMILES string of the molecule is CCn1c(C)c(C(Cc2ccc(F)cc2)n2ccnc2)c2ccccc21. The predicted molar refractivity (Wildman–Crippen MR) is 103 cm³/mol. The summed E-state index contributed by atoms with van der Waals surface area (Å²) < 4.78 is 17.8. The Kier molecular flexibility index (Phi) is 4.33. The lowest BCUT2D eigenvalue weighted by Gasteiger charge is -2.20. The zero-order chi connectivity index (χ0) is 18.1. The van der Waals surface area contributed by atoms with Gasteiger partial charge in [-0.15, -0.1) is 0 Å². The Morgan fingerprint density at radius 3 is 2.54 bits per heavy atom. The van der Waals surface area contributed by atoms with Gasteiger partial charge in [0.05, 0.1) is 12.4 Å². The number of para-hydroxylation sites is 1. The molecule has 0 amide bonds. The maximum atomic E-state index is 13.3. The molecule has 3 nitrogen and oxygen atoms in total. The molecule has 0 spiro atoms. The number of nitrogens with zero attached hydrogens (tertiary/aromatic N) is 3. The lowest BCUT2D eigenvalue weighted by molar-refractivity contribution is 0.574. The van der Waals surface area contributed by atoms with Gasteiger partial charge in [-0.3, -0.25) is 0 Å². The standard InChI is InChI=1S/C22H22FN3/c1-3-26-16(2)22(19-6-4-5-7-20(19)26)21(25-13-12-24-15-25)14-17-8-10-18(23)11-9-17/h4-13,15,21H,3,14H2,1-2H3. The van der Waals surface area contributed by atoms with Crippen molar-refractivity contribution in [1.29, 1.82) is 0 Å². The van der Waals surface area contributed by atoms with Crippen LogP contribution < -0.4 is 0 Å². The van der Waals surface area contributed by atoms with Gasteiger partial charge in [-0.05, 0) is 44.0 Å². The molecular formula is C22H22FN3. The van der Waals surface area contributed by atoms with E-state index in [2.05, 4.69) is 52.2 Å². The highest BCUT2D eigenvalue weighted by atomic mass is 19.1. The number of hydrogen-bond acceptors (Lipinski definition) is 1. The summed E-state index contributed by atoms with van der Waals surface area (Å²) in [5, 5.41) is 1.27. The molecule has 2 aromatic carbocycles. The van der Waals surface area contributed by atoms with Crippen LogP contribution in [0.4, 0.5) is 4.39 Å². The van der Waals surface area contributed by atoms with Gasteiger partial charge in [-0.2, -0.15) is 0 Å². The monoisotopic (exact) mass is 347 g/mol. The summed E-state index contributed by atoms with van der Waals surface area (Å²) in [4.78, 5) is 4.26. The second-order valence-electron chi connectivity index (χ2n) is 6.62. The normalized spacial score (nSPS) is 12.6. The summed E-state index contributed by atoms with van der Waals surface area (Å²) in [6.07, 6.45) is 6.47. The third-order valence-electron chi connectivity index (χ3n) is 5.16. The van der Waals surface area contributed by atoms with Crippen molar-refractivity contribution in [3.05, 3.63) is 89.9 Å². The quantitative estimate of drug-likeness (QED) is 0.490. The van der Waals surface area contributed by atoms with Crippen molar-refractivity contribution >= 4 is 10.9 Å². The second-order valence-corrected chi connectivity index (χ2v) is 6.62. The van der Waals surface area contributed by atoms with E-state index >= 15 is 0 Å². The van der Waals surface area contributed by atoms with Gasteiger partial charge in [0.25, 0.3) is 0 Å². The number of benzene rings is 2. The van der Waals surface area contributed by atoms with Crippen LogP contribution in [-0.4, -0.2) is 14.1 Å².